The molecule has 1 aromatic carbocycles. The van der Waals surface area contributed by atoms with Crippen LogP contribution < -0.4 is 10.5 Å². The molecule has 0 aliphatic heterocycles. The van der Waals surface area contributed by atoms with Crippen molar-refractivity contribution in [1.82, 2.24) is 0 Å². The number of hydrogen-bond donors (Lipinski definition) is 1. The molecule has 6 nitrogen and oxygen atoms in total. The lowest BCUT2D eigenvalue weighted by Crippen LogP contribution is -2.20. The second kappa shape index (κ2) is 4.41. The van der Waals surface area contributed by atoms with Crippen molar-refractivity contribution in [1.29, 1.82) is 0 Å². The van der Waals surface area contributed by atoms with E-state index in [1.54, 1.807) is 13.0 Å². The molecule has 1 amide bonds. The maximum Gasteiger partial charge on any atom is 0.311 e. The van der Waals surface area contributed by atoms with Gasteiger partial charge in [0.05, 0.1) is 4.92 Å². The second-order valence-electron chi connectivity index (χ2n) is 2.98. The fraction of sp³-hybridized carbons (Fsp3) is 0.222. The minimum absolute atomic E-state index is 0.0457. The molecular formula is C9H10N2O4. The van der Waals surface area contributed by atoms with Crippen LogP contribution in [0, 0.1) is 17.0 Å². The summed E-state index contributed by atoms with van der Waals surface area (Å²) in [6.07, 6.45) is 0. The van der Waals surface area contributed by atoms with Crippen molar-refractivity contribution < 1.29 is 14.5 Å². The van der Waals surface area contributed by atoms with Gasteiger partial charge in [-0.2, -0.15) is 0 Å². The molecule has 0 heterocycles. The van der Waals surface area contributed by atoms with Crippen molar-refractivity contribution in [2.24, 2.45) is 5.73 Å². The molecule has 6 heteroatoms. The highest BCUT2D eigenvalue weighted by Crippen LogP contribution is 2.27. The number of hydrogen-bond acceptors (Lipinski definition) is 4. The number of rotatable bonds is 4. The molecule has 1 aromatic rings. The molecule has 0 fully saturated rings. The Hall–Kier alpha value is -2.11. The summed E-state index contributed by atoms with van der Waals surface area (Å²) >= 11 is 0. The van der Waals surface area contributed by atoms with Crippen LogP contribution in [0.2, 0.25) is 0 Å². The Balaban J connectivity index is 2.95. The minimum Gasteiger partial charge on any atom is -0.477 e. The van der Waals surface area contributed by atoms with Crippen molar-refractivity contribution >= 4 is 11.6 Å². The van der Waals surface area contributed by atoms with Crippen molar-refractivity contribution in [2.45, 2.75) is 6.92 Å². The number of aryl methyl sites for hydroxylation is 1. The van der Waals surface area contributed by atoms with E-state index in [4.69, 9.17) is 10.5 Å². The van der Waals surface area contributed by atoms with Crippen LogP contribution in [0.5, 0.6) is 5.75 Å². The second-order valence-corrected chi connectivity index (χ2v) is 2.98. The maximum atomic E-state index is 10.6. The Morgan fingerprint density at radius 2 is 2.27 bits per heavy atom. The summed E-state index contributed by atoms with van der Waals surface area (Å²) < 4.78 is 4.90. The zero-order valence-corrected chi connectivity index (χ0v) is 8.10. The molecule has 0 aliphatic carbocycles. The number of ether oxygens (including phenoxy) is 1. The lowest BCUT2D eigenvalue weighted by molar-refractivity contribution is -0.385. The summed E-state index contributed by atoms with van der Waals surface area (Å²) in [4.78, 5) is 20.5. The number of primary amides is 1. The van der Waals surface area contributed by atoms with E-state index in [9.17, 15) is 14.9 Å². The van der Waals surface area contributed by atoms with Crippen LogP contribution in [0.4, 0.5) is 5.69 Å². The van der Waals surface area contributed by atoms with Gasteiger partial charge in [0.2, 0.25) is 0 Å². The molecule has 0 saturated carbocycles. The summed E-state index contributed by atoms with van der Waals surface area (Å²) in [5.74, 6) is -0.630. The highest BCUT2D eigenvalue weighted by atomic mass is 16.6. The predicted octanol–water partition coefficient (Wildman–Crippen LogP) is 0.767. The van der Waals surface area contributed by atoms with Gasteiger partial charge in [0.15, 0.2) is 12.4 Å². The Morgan fingerprint density at radius 1 is 1.60 bits per heavy atom. The summed E-state index contributed by atoms with van der Waals surface area (Å²) in [7, 11) is 0. The number of nitro benzene ring substituents is 1. The standard InChI is InChI=1S/C9H10N2O4/c1-6-2-3-8(15-5-9(10)12)7(4-6)11(13)14/h2-4H,5H2,1H3,(H2,10,12). The maximum absolute atomic E-state index is 10.6. The van der Waals surface area contributed by atoms with E-state index in [1.165, 1.54) is 12.1 Å². The van der Waals surface area contributed by atoms with Crippen LogP contribution in [0.25, 0.3) is 0 Å². The van der Waals surface area contributed by atoms with Crippen molar-refractivity contribution in [3.63, 3.8) is 0 Å². The van der Waals surface area contributed by atoms with E-state index in [2.05, 4.69) is 0 Å². The smallest absolute Gasteiger partial charge is 0.311 e. The quantitative estimate of drug-likeness (QED) is 0.586. The molecule has 1 rings (SSSR count). The Bertz CT molecular complexity index is 403. The van der Waals surface area contributed by atoms with E-state index >= 15 is 0 Å². The summed E-state index contributed by atoms with van der Waals surface area (Å²) in [6.45, 7) is 1.36. The molecule has 0 aliphatic rings. The average Bonchev–Trinajstić information content (AvgIpc) is 2.15. The fourth-order valence-corrected chi connectivity index (χ4v) is 1.04. The van der Waals surface area contributed by atoms with Gasteiger partial charge in [0, 0.05) is 6.07 Å². The summed E-state index contributed by atoms with van der Waals surface area (Å²) in [5.41, 5.74) is 5.44. The van der Waals surface area contributed by atoms with E-state index in [0.29, 0.717) is 0 Å². The SMILES string of the molecule is Cc1ccc(OCC(N)=O)c([N+](=O)[O-])c1. The Morgan fingerprint density at radius 3 is 2.80 bits per heavy atom. The Kier molecular flexibility index (Phi) is 3.22. The van der Waals surface area contributed by atoms with Crippen molar-refractivity contribution in [3.8, 4) is 5.75 Å². The number of nitrogens with zero attached hydrogens (tertiary/aromatic N) is 1. The third kappa shape index (κ3) is 2.94. The molecule has 80 valence electrons. The third-order valence-corrected chi connectivity index (χ3v) is 1.68. The van der Waals surface area contributed by atoms with Crippen molar-refractivity contribution in [3.05, 3.63) is 33.9 Å². The zero-order chi connectivity index (χ0) is 11.4. The van der Waals surface area contributed by atoms with Gasteiger partial charge in [-0.3, -0.25) is 14.9 Å². The van der Waals surface area contributed by atoms with Gasteiger partial charge in [-0.1, -0.05) is 6.07 Å². The molecular weight excluding hydrogens is 200 g/mol. The minimum atomic E-state index is -0.676. The molecule has 0 bridgehead atoms. The van der Waals surface area contributed by atoms with Gasteiger partial charge in [0.25, 0.3) is 5.91 Å². The first-order chi connectivity index (χ1) is 7.00. The number of carbonyl (C=O) groups is 1. The van der Waals surface area contributed by atoms with Gasteiger partial charge in [-0.15, -0.1) is 0 Å². The molecule has 0 unspecified atom stereocenters. The number of nitro groups is 1. The fourth-order valence-electron chi connectivity index (χ4n) is 1.04. The highest BCUT2D eigenvalue weighted by Gasteiger charge is 2.15. The molecule has 0 radical (unpaired) electrons. The van der Waals surface area contributed by atoms with E-state index in [1.807, 2.05) is 0 Å². The molecule has 0 atom stereocenters. The number of benzene rings is 1. The highest BCUT2D eigenvalue weighted by molar-refractivity contribution is 5.75. The molecule has 2 N–H and O–H groups in total. The largest absolute Gasteiger partial charge is 0.477 e. The van der Waals surface area contributed by atoms with Crippen LogP contribution >= 0.6 is 0 Å². The average molecular weight is 210 g/mol. The molecule has 15 heavy (non-hydrogen) atoms. The van der Waals surface area contributed by atoms with Gasteiger partial charge < -0.3 is 10.5 Å². The first-order valence-electron chi connectivity index (χ1n) is 4.17. The predicted molar refractivity (Wildman–Crippen MR) is 52.5 cm³/mol. The van der Waals surface area contributed by atoms with Gasteiger partial charge in [-0.25, -0.2) is 0 Å². The van der Waals surface area contributed by atoms with E-state index < -0.39 is 10.8 Å². The van der Waals surface area contributed by atoms with E-state index in [-0.39, 0.29) is 18.0 Å². The lowest BCUT2D eigenvalue weighted by Gasteiger charge is -2.04. The molecule has 0 saturated heterocycles. The van der Waals surface area contributed by atoms with Gasteiger partial charge in [-0.05, 0) is 18.6 Å². The zero-order valence-electron chi connectivity index (χ0n) is 8.10. The number of amides is 1. The monoisotopic (exact) mass is 210 g/mol. The molecule has 0 aromatic heterocycles. The van der Waals surface area contributed by atoms with Crippen molar-refractivity contribution in [2.75, 3.05) is 6.61 Å². The molecule has 0 spiro atoms. The summed E-state index contributed by atoms with van der Waals surface area (Å²) in [5, 5.41) is 10.6. The topological polar surface area (TPSA) is 95.5 Å². The normalized spacial score (nSPS) is 9.67. The van der Waals surface area contributed by atoms with E-state index in [0.717, 1.165) is 5.56 Å². The van der Waals surface area contributed by atoms with Crippen LogP contribution in [0.3, 0.4) is 0 Å². The Labute approximate surface area is 85.8 Å². The van der Waals surface area contributed by atoms with Crippen LogP contribution in [0.15, 0.2) is 18.2 Å². The van der Waals surface area contributed by atoms with Crippen LogP contribution in [-0.2, 0) is 4.79 Å². The first-order valence-corrected chi connectivity index (χ1v) is 4.17. The van der Waals surface area contributed by atoms with Gasteiger partial charge >= 0.3 is 5.69 Å². The first kappa shape index (κ1) is 11.0. The van der Waals surface area contributed by atoms with Crippen LogP contribution in [0.1, 0.15) is 5.56 Å². The number of nitrogens with two attached hydrogens (primary N) is 1. The number of carbonyl (C=O) groups excluding carboxylic acids is 1. The summed E-state index contributed by atoms with van der Waals surface area (Å²) in [6, 6.07) is 4.47. The van der Waals surface area contributed by atoms with Crippen LogP contribution in [-0.4, -0.2) is 17.4 Å². The van der Waals surface area contributed by atoms with Gasteiger partial charge in [0.1, 0.15) is 0 Å². The lowest BCUT2D eigenvalue weighted by atomic mass is 10.2. The third-order valence-electron chi connectivity index (χ3n) is 1.68.